The van der Waals surface area contributed by atoms with E-state index in [-0.39, 0.29) is 0 Å². The quantitative estimate of drug-likeness (QED) is 0.296. The number of imidazole rings is 1. The van der Waals surface area contributed by atoms with Crippen LogP contribution in [0.2, 0.25) is 0 Å². The Morgan fingerprint density at radius 2 is 1.24 bits per heavy atom. The van der Waals surface area contributed by atoms with Gasteiger partial charge in [0.15, 0.2) is 9.79 Å². The first-order valence-electron chi connectivity index (χ1n) is 10.7. The Labute approximate surface area is 194 Å². The molecule has 2 aromatic heterocycles. The standard InChI is InChI=1S/C28H19N3OS/c32-33(22-11-5-2-6-12-22)23-17-15-20(16-18-23)25-19-27(21-9-3-1-4-10-21)31-26-14-8-7-13-24(26)29-28(31)30-25/h1-19H. The second kappa shape index (κ2) is 8.20. The summed E-state index contributed by atoms with van der Waals surface area (Å²) in [4.78, 5) is 11.2. The number of aromatic nitrogens is 3. The SMILES string of the molecule is [O-][S+](c1ccccc1)c1ccc(-c2cc(-c3ccccc3)n3c(n2)nc2ccccc23)cc1. The van der Waals surface area contributed by atoms with Crippen LogP contribution in [0.3, 0.4) is 0 Å². The van der Waals surface area contributed by atoms with Crippen LogP contribution in [0.25, 0.3) is 39.3 Å². The number of rotatable bonds is 4. The van der Waals surface area contributed by atoms with Crippen LogP contribution in [0.15, 0.2) is 125 Å². The first-order valence-corrected chi connectivity index (χ1v) is 11.8. The molecule has 6 rings (SSSR count). The van der Waals surface area contributed by atoms with Crippen molar-refractivity contribution in [2.24, 2.45) is 0 Å². The molecule has 6 aromatic rings. The van der Waals surface area contributed by atoms with Gasteiger partial charge in [0.1, 0.15) is 0 Å². The van der Waals surface area contributed by atoms with Gasteiger partial charge in [-0.2, -0.15) is 0 Å². The summed E-state index contributed by atoms with van der Waals surface area (Å²) < 4.78 is 15.0. The molecule has 2 heterocycles. The topological polar surface area (TPSA) is 53.2 Å². The van der Waals surface area contributed by atoms with E-state index in [1.807, 2.05) is 91.0 Å². The monoisotopic (exact) mass is 445 g/mol. The fourth-order valence-corrected chi connectivity index (χ4v) is 5.12. The molecule has 0 aliphatic heterocycles. The molecule has 1 unspecified atom stereocenters. The molecule has 0 aliphatic rings. The largest absolute Gasteiger partial charge is 0.606 e. The summed E-state index contributed by atoms with van der Waals surface area (Å²) in [5.74, 6) is 0.657. The molecule has 0 amide bonds. The second-order valence-corrected chi connectivity index (χ2v) is 9.22. The predicted octanol–water partition coefficient (Wildman–Crippen LogP) is 6.38. The molecule has 4 aromatic carbocycles. The molecule has 1 atom stereocenters. The van der Waals surface area contributed by atoms with Crippen molar-refractivity contribution in [1.29, 1.82) is 0 Å². The van der Waals surface area contributed by atoms with Crippen LogP contribution in [0.4, 0.5) is 0 Å². The summed E-state index contributed by atoms with van der Waals surface area (Å²) >= 11 is -1.22. The van der Waals surface area contributed by atoms with E-state index in [0.717, 1.165) is 43.3 Å². The second-order valence-electron chi connectivity index (χ2n) is 7.73. The molecule has 0 bridgehead atoms. The van der Waals surface area contributed by atoms with E-state index in [1.165, 1.54) is 0 Å². The van der Waals surface area contributed by atoms with Crippen molar-refractivity contribution >= 4 is 28.0 Å². The highest BCUT2D eigenvalue weighted by Gasteiger charge is 2.17. The third-order valence-electron chi connectivity index (χ3n) is 5.67. The molecular formula is C28H19N3OS. The van der Waals surface area contributed by atoms with Crippen molar-refractivity contribution in [2.75, 3.05) is 0 Å². The number of para-hydroxylation sites is 2. The maximum Gasteiger partial charge on any atom is 0.235 e. The van der Waals surface area contributed by atoms with Crippen LogP contribution < -0.4 is 0 Å². The van der Waals surface area contributed by atoms with Gasteiger partial charge >= 0.3 is 0 Å². The van der Waals surface area contributed by atoms with Gasteiger partial charge < -0.3 is 4.55 Å². The van der Waals surface area contributed by atoms with Crippen molar-refractivity contribution in [3.63, 3.8) is 0 Å². The van der Waals surface area contributed by atoms with Gasteiger partial charge in [0.25, 0.3) is 0 Å². The lowest BCUT2D eigenvalue weighted by Gasteiger charge is -2.12. The van der Waals surface area contributed by atoms with Gasteiger partial charge in [-0.05, 0) is 60.2 Å². The van der Waals surface area contributed by atoms with Crippen LogP contribution in [0.5, 0.6) is 0 Å². The van der Waals surface area contributed by atoms with E-state index in [4.69, 9.17) is 9.97 Å². The highest BCUT2D eigenvalue weighted by Crippen LogP contribution is 2.30. The fourth-order valence-electron chi connectivity index (χ4n) is 4.06. The fraction of sp³-hybridized carbons (Fsp3) is 0. The van der Waals surface area contributed by atoms with E-state index in [1.54, 1.807) is 0 Å². The first-order chi connectivity index (χ1) is 16.3. The molecule has 4 nitrogen and oxygen atoms in total. The highest BCUT2D eigenvalue weighted by molar-refractivity contribution is 7.91. The molecule has 0 saturated heterocycles. The molecule has 0 aliphatic carbocycles. The van der Waals surface area contributed by atoms with Crippen molar-refractivity contribution in [2.45, 2.75) is 9.79 Å². The third-order valence-corrected chi connectivity index (χ3v) is 7.07. The summed E-state index contributed by atoms with van der Waals surface area (Å²) in [7, 11) is 0. The smallest absolute Gasteiger partial charge is 0.235 e. The lowest BCUT2D eigenvalue weighted by molar-refractivity contribution is 0.595. The molecule has 0 fully saturated rings. The Balaban J connectivity index is 1.48. The van der Waals surface area contributed by atoms with Gasteiger partial charge in [-0.25, -0.2) is 9.97 Å². The third kappa shape index (κ3) is 3.57. The number of benzene rings is 4. The number of hydrogen-bond acceptors (Lipinski definition) is 3. The molecule has 0 spiro atoms. The summed E-state index contributed by atoms with van der Waals surface area (Å²) in [6.07, 6.45) is 0. The maximum atomic E-state index is 12.9. The average molecular weight is 446 g/mol. The lowest BCUT2D eigenvalue weighted by atomic mass is 10.1. The zero-order valence-corrected chi connectivity index (χ0v) is 18.4. The molecule has 0 saturated carbocycles. The first kappa shape index (κ1) is 19.7. The summed E-state index contributed by atoms with van der Waals surface area (Å²) in [6.45, 7) is 0. The van der Waals surface area contributed by atoms with E-state index in [0.29, 0.717) is 5.78 Å². The Morgan fingerprint density at radius 1 is 0.606 bits per heavy atom. The van der Waals surface area contributed by atoms with E-state index in [9.17, 15) is 4.55 Å². The minimum absolute atomic E-state index is 0.657. The normalized spacial score (nSPS) is 12.3. The maximum absolute atomic E-state index is 12.9. The van der Waals surface area contributed by atoms with Gasteiger partial charge in [0.05, 0.1) is 22.4 Å². The minimum atomic E-state index is -1.22. The minimum Gasteiger partial charge on any atom is -0.606 e. The zero-order chi connectivity index (χ0) is 22.2. The molecule has 5 heteroatoms. The van der Waals surface area contributed by atoms with Crippen LogP contribution in [-0.4, -0.2) is 18.9 Å². The molecular weight excluding hydrogens is 426 g/mol. The Morgan fingerprint density at radius 3 is 2.00 bits per heavy atom. The van der Waals surface area contributed by atoms with Crippen molar-refractivity contribution in [1.82, 2.24) is 14.4 Å². The molecule has 33 heavy (non-hydrogen) atoms. The summed E-state index contributed by atoms with van der Waals surface area (Å²) in [6, 6.07) is 37.7. The lowest BCUT2D eigenvalue weighted by Crippen LogP contribution is -2.02. The van der Waals surface area contributed by atoms with Crippen LogP contribution >= 0.6 is 0 Å². The zero-order valence-electron chi connectivity index (χ0n) is 17.6. The van der Waals surface area contributed by atoms with E-state index >= 15 is 0 Å². The Hall–Kier alpha value is -3.93. The number of nitrogens with zero attached hydrogens (tertiary/aromatic N) is 3. The van der Waals surface area contributed by atoms with Gasteiger partial charge in [-0.3, -0.25) is 4.40 Å². The summed E-state index contributed by atoms with van der Waals surface area (Å²) in [5, 5.41) is 0. The van der Waals surface area contributed by atoms with Gasteiger partial charge in [0, 0.05) is 16.7 Å². The van der Waals surface area contributed by atoms with Gasteiger partial charge in [-0.1, -0.05) is 60.7 Å². The summed E-state index contributed by atoms with van der Waals surface area (Å²) in [5.41, 5.74) is 5.84. The van der Waals surface area contributed by atoms with E-state index in [2.05, 4.69) is 28.7 Å². The van der Waals surface area contributed by atoms with Crippen molar-refractivity contribution < 1.29 is 4.55 Å². The Kier molecular flexibility index (Phi) is 4.91. The van der Waals surface area contributed by atoms with Crippen LogP contribution in [-0.2, 0) is 11.2 Å². The van der Waals surface area contributed by atoms with Crippen LogP contribution in [0.1, 0.15) is 0 Å². The molecule has 158 valence electrons. The highest BCUT2D eigenvalue weighted by atomic mass is 32.2. The molecule has 0 N–H and O–H groups in total. The van der Waals surface area contributed by atoms with Gasteiger partial charge in [0.2, 0.25) is 5.78 Å². The molecule has 0 radical (unpaired) electrons. The van der Waals surface area contributed by atoms with Crippen molar-refractivity contribution in [3.05, 3.63) is 115 Å². The predicted molar refractivity (Wildman–Crippen MR) is 132 cm³/mol. The number of hydrogen-bond donors (Lipinski definition) is 0. The van der Waals surface area contributed by atoms with Crippen molar-refractivity contribution in [3.8, 4) is 22.5 Å². The number of fused-ring (bicyclic) bond motifs is 3. The average Bonchev–Trinajstić information content (AvgIpc) is 3.27. The van der Waals surface area contributed by atoms with Crippen LogP contribution in [0, 0.1) is 0 Å². The van der Waals surface area contributed by atoms with Gasteiger partial charge in [-0.15, -0.1) is 0 Å². The Bertz CT molecular complexity index is 1560. The van der Waals surface area contributed by atoms with E-state index < -0.39 is 11.2 Å².